The SMILES string of the molecule is O=C1CCC(n2cc3ccc(Br)cc3n2)C(=O)N1. The van der Waals surface area contributed by atoms with Crippen molar-refractivity contribution in [3.63, 3.8) is 0 Å². The fourth-order valence-electron chi connectivity index (χ4n) is 2.10. The van der Waals surface area contributed by atoms with Crippen LogP contribution >= 0.6 is 15.9 Å². The Morgan fingerprint density at radius 1 is 1.39 bits per heavy atom. The maximum absolute atomic E-state index is 11.7. The molecule has 1 unspecified atom stereocenters. The topological polar surface area (TPSA) is 64.0 Å². The number of rotatable bonds is 1. The number of halogens is 1. The number of imide groups is 1. The third-order valence-electron chi connectivity index (χ3n) is 3.02. The van der Waals surface area contributed by atoms with Gasteiger partial charge in [0, 0.05) is 22.5 Å². The number of piperidine rings is 1. The van der Waals surface area contributed by atoms with Crippen molar-refractivity contribution in [2.24, 2.45) is 0 Å². The van der Waals surface area contributed by atoms with E-state index in [1.54, 1.807) is 4.68 Å². The maximum atomic E-state index is 11.7. The maximum Gasteiger partial charge on any atom is 0.251 e. The van der Waals surface area contributed by atoms with E-state index in [-0.39, 0.29) is 11.8 Å². The molecule has 5 nitrogen and oxygen atoms in total. The number of nitrogens with one attached hydrogen (secondary N) is 1. The average molecular weight is 308 g/mol. The second-order valence-corrected chi connectivity index (χ2v) is 5.19. The van der Waals surface area contributed by atoms with Crippen LogP contribution in [0, 0.1) is 0 Å². The Morgan fingerprint density at radius 2 is 2.22 bits per heavy atom. The van der Waals surface area contributed by atoms with Gasteiger partial charge in [0.25, 0.3) is 5.91 Å². The summed E-state index contributed by atoms with van der Waals surface area (Å²) < 4.78 is 2.59. The summed E-state index contributed by atoms with van der Waals surface area (Å²) in [6.07, 6.45) is 2.69. The first kappa shape index (κ1) is 11.4. The van der Waals surface area contributed by atoms with Gasteiger partial charge >= 0.3 is 0 Å². The third-order valence-corrected chi connectivity index (χ3v) is 3.51. The Morgan fingerprint density at radius 3 is 3.00 bits per heavy atom. The van der Waals surface area contributed by atoms with Crippen molar-refractivity contribution < 1.29 is 9.59 Å². The quantitative estimate of drug-likeness (QED) is 0.817. The number of hydrogen-bond donors (Lipinski definition) is 1. The predicted molar refractivity (Wildman–Crippen MR) is 68.9 cm³/mol. The zero-order valence-corrected chi connectivity index (χ0v) is 11.0. The highest BCUT2D eigenvalue weighted by Gasteiger charge is 2.28. The molecule has 2 amide bonds. The van der Waals surface area contributed by atoms with E-state index in [1.807, 2.05) is 24.4 Å². The lowest BCUT2D eigenvalue weighted by atomic mass is 10.1. The first-order valence-electron chi connectivity index (χ1n) is 5.61. The van der Waals surface area contributed by atoms with Gasteiger partial charge in [0.15, 0.2) is 0 Å². The molecule has 0 aliphatic carbocycles. The Labute approximate surface area is 111 Å². The first-order valence-corrected chi connectivity index (χ1v) is 6.41. The van der Waals surface area contributed by atoms with Gasteiger partial charge in [-0.15, -0.1) is 0 Å². The van der Waals surface area contributed by atoms with Gasteiger partial charge in [0.2, 0.25) is 5.91 Å². The molecule has 18 heavy (non-hydrogen) atoms. The van der Waals surface area contributed by atoms with Gasteiger partial charge in [-0.25, -0.2) is 0 Å². The molecule has 0 spiro atoms. The van der Waals surface area contributed by atoms with Gasteiger partial charge in [-0.1, -0.05) is 22.0 Å². The van der Waals surface area contributed by atoms with Crippen LogP contribution < -0.4 is 5.32 Å². The summed E-state index contributed by atoms with van der Waals surface area (Å²) in [4.78, 5) is 22.8. The molecule has 1 aromatic carbocycles. The summed E-state index contributed by atoms with van der Waals surface area (Å²) in [7, 11) is 0. The molecule has 1 aliphatic heterocycles. The van der Waals surface area contributed by atoms with Gasteiger partial charge in [-0.2, -0.15) is 5.10 Å². The summed E-state index contributed by atoms with van der Waals surface area (Å²) in [6, 6.07) is 5.37. The van der Waals surface area contributed by atoms with Crippen molar-refractivity contribution in [3.05, 3.63) is 28.9 Å². The third kappa shape index (κ3) is 1.92. The second kappa shape index (κ2) is 4.20. The Hall–Kier alpha value is -1.69. The van der Waals surface area contributed by atoms with Crippen LogP contribution in [0.2, 0.25) is 0 Å². The van der Waals surface area contributed by atoms with E-state index in [0.29, 0.717) is 12.8 Å². The number of hydrogen-bond acceptors (Lipinski definition) is 3. The minimum atomic E-state index is -0.395. The Bertz CT molecular complexity index is 650. The average Bonchev–Trinajstić information content (AvgIpc) is 2.71. The number of nitrogens with zero attached hydrogens (tertiary/aromatic N) is 2. The highest BCUT2D eigenvalue weighted by Crippen LogP contribution is 2.23. The summed E-state index contributed by atoms with van der Waals surface area (Å²) in [5.74, 6) is -0.492. The van der Waals surface area contributed by atoms with Crippen molar-refractivity contribution in [1.82, 2.24) is 15.1 Å². The molecule has 1 aromatic heterocycles. The van der Waals surface area contributed by atoms with E-state index in [4.69, 9.17) is 0 Å². The molecular weight excluding hydrogens is 298 g/mol. The van der Waals surface area contributed by atoms with Crippen LogP contribution in [-0.2, 0) is 9.59 Å². The summed E-state index contributed by atoms with van der Waals surface area (Å²) in [5, 5.41) is 7.70. The molecule has 1 atom stereocenters. The van der Waals surface area contributed by atoms with Crippen molar-refractivity contribution in [2.75, 3.05) is 0 Å². The normalized spacial score (nSPS) is 20.2. The van der Waals surface area contributed by atoms with E-state index in [1.165, 1.54) is 0 Å². The molecule has 92 valence electrons. The van der Waals surface area contributed by atoms with Crippen molar-refractivity contribution in [2.45, 2.75) is 18.9 Å². The van der Waals surface area contributed by atoms with Crippen molar-refractivity contribution in [1.29, 1.82) is 0 Å². The minimum Gasteiger partial charge on any atom is -0.295 e. The second-order valence-electron chi connectivity index (χ2n) is 4.28. The highest BCUT2D eigenvalue weighted by atomic mass is 79.9. The van der Waals surface area contributed by atoms with Gasteiger partial charge in [0.05, 0.1) is 5.52 Å². The lowest BCUT2D eigenvalue weighted by Crippen LogP contribution is -2.41. The molecule has 2 aromatic rings. The van der Waals surface area contributed by atoms with Gasteiger partial charge in [-0.05, 0) is 18.6 Å². The number of benzene rings is 1. The first-order chi connectivity index (χ1) is 8.63. The van der Waals surface area contributed by atoms with E-state index in [2.05, 4.69) is 26.3 Å². The predicted octanol–water partition coefficient (Wildman–Crippen LogP) is 1.78. The molecule has 0 radical (unpaired) electrons. The van der Waals surface area contributed by atoms with Gasteiger partial charge in [0.1, 0.15) is 6.04 Å². The van der Waals surface area contributed by atoms with Crippen LogP contribution in [0.4, 0.5) is 0 Å². The highest BCUT2D eigenvalue weighted by molar-refractivity contribution is 9.10. The number of fused-ring (bicyclic) bond motifs is 1. The molecule has 0 saturated carbocycles. The monoisotopic (exact) mass is 307 g/mol. The zero-order chi connectivity index (χ0) is 12.7. The van der Waals surface area contributed by atoms with Crippen LogP contribution in [0.3, 0.4) is 0 Å². The smallest absolute Gasteiger partial charge is 0.251 e. The lowest BCUT2D eigenvalue weighted by molar-refractivity contribution is -0.135. The Balaban J connectivity index is 1.99. The lowest BCUT2D eigenvalue weighted by Gasteiger charge is -2.20. The molecule has 1 aliphatic rings. The van der Waals surface area contributed by atoms with Crippen LogP contribution in [0.5, 0.6) is 0 Å². The molecule has 0 bridgehead atoms. The molecule has 3 rings (SSSR count). The number of aromatic nitrogens is 2. The van der Waals surface area contributed by atoms with E-state index in [0.717, 1.165) is 15.4 Å². The fraction of sp³-hybridized carbons (Fsp3) is 0.250. The van der Waals surface area contributed by atoms with Crippen LogP contribution in [0.25, 0.3) is 10.9 Å². The minimum absolute atomic E-state index is 0.212. The van der Waals surface area contributed by atoms with Crippen LogP contribution in [0.15, 0.2) is 28.9 Å². The molecular formula is C12H10BrN3O2. The van der Waals surface area contributed by atoms with Gasteiger partial charge < -0.3 is 0 Å². The standard InChI is InChI=1S/C12H10BrN3O2/c13-8-2-1-7-6-16(15-9(7)5-8)10-3-4-11(17)14-12(10)18/h1-2,5-6,10H,3-4H2,(H,14,17,18). The fourth-order valence-corrected chi connectivity index (χ4v) is 2.45. The molecule has 2 heterocycles. The summed E-state index contributed by atoms with van der Waals surface area (Å²) >= 11 is 3.38. The number of amides is 2. The van der Waals surface area contributed by atoms with Crippen LogP contribution in [-0.4, -0.2) is 21.6 Å². The molecule has 6 heteroatoms. The van der Waals surface area contributed by atoms with Gasteiger partial charge in [-0.3, -0.25) is 19.6 Å². The molecule has 1 fully saturated rings. The van der Waals surface area contributed by atoms with E-state index < -0.39 is 6.04 Å². The summed E-state index contributed by atoms with van der Waals surface area (Å²) in [5.41, 5.74) is 0.828. The van der Waals surface area contributed by atoms with Crippen molar-refractivity contribution >= 4 is 38.6 Å². The van der Waals surface area contributed by atoms with E-state index in [9.17, 15) is 9.59 Å². The zero-order valence-electron chi connectivity index (χ0n) is 9.39. The Kier molecular flexibility index (Phi) is 2.66. The number of carbonyl (C=O) groups excluding carboxylic acids is 2. The van der Waals surface area contributed by atoms with E-state index >= 15 is 0 Å². The molecule has 1 saturated heterocycles. The summed E-state index contributed by atoms with van der Waals surface area (Å²) in [6.45, 7) is 0. The molecule has 1 N–H and O–H groups in total. The van der Waals surface area contributed by atoms with Crippen molar-refractivity contribution in [3.8, 4) is 0 Å². The number of carbonyl (C=O) groups is 2. The largest absolute Gasteiger partial charge is 0.295 e. The van der Waals surface area contributed by atoms with Crippen LogP contribution in [0.1, 0.15) is 18.9 Å².